The van der Waals surface area contributed by atoms with E-state index in [9.17, 15) is 14.9 Å². The number of amides is 1. The molecule has 1 atom stereocenters. The number of carbonyl (C=O) groups excluding carboxylic acids is 1. The molecule has 0 bridgehead atoms. The maximum absolute atomic E-state index is 11.0. The molecular weight excluding hydrogens is 310 g/mol. The summed E-state index contributed by atoms with van der Waals surface area (Å²) in [6.07, 6.45) is 0.800. The van der Waals surface area contributed by atoms with Crippen LogP contribution in [0.25, 0.3) is 0 Å². The second-order valence-corrected chi connectivity index (χ2v) is 5.28. The van der Waals surface area contributed by atoms with E-state index in [-0.39, 0.29) is 11.7 Å². The maximum atomic E-state index is 11.0. The molecule has 0 saturated heterocycles. The summed E-state index contributed by atoms with van der Waals surface area (Å²) >= 11 is 0. The number of hydrogen-bond acceptors (Lipinski definition) is 5. The van der Waals surface area contributed by atoms with Crippen molar-refractivity contribution in [3.63, 3.8) is 0 Å². The Morgan fingerprint density at radius 1 is 1.29 bits per heavy atom. The maximum Gasteiger partial charge on any atom is 0.406 e. The van der Waals surface area contributed by atoms with Gasteiger partial charge in [0.25, 0.3) is 5.69 Å². The number of nitrogens with zero attached hydrogens (tertiary/aromatic N) is 2. The zero-order valence-corrected chi connectivity index (χ0v) is 15.2. The van der Waals surface area contributed by atoms with E-state index in [1.54, 1.807) is 12.1 Å². The van der Waals surface area contributed by atoms with Gasteiger partial charge in [-0.1, -0.05) is 39.3 Å². The standard InChI is InChI=1S/C14H21N3O4.C3H8/c1-4-16(10-9-15-14(18)21-3)11(2)12-5-7-13(8-6-12)17(19)20;1-3-2/h5-8,11H,4,9-10H2,1-3H3,(H,15,18);3H2,1-2H3. The summed E-state index contributed by atoms with van der Waals surface area (Å²) in [5.41, 5.74) is 1.09. The molecule has 1 unspecified atom stereocenters. The molecule has 0 radical (unpaired) electrons. The van der Waals surface area contributed by atoms with Gasteiger partial charge in [0.2, 0.25) is 0 Å². The zero-order valence-electron chi connectivity index (χ0n) is 15.2. The number of carbonyl (C=O) groups is 1. The molecule has 1 N–H and O–H groups in total. The van der Waals surface area contributed by atoms with Gasteiger partial charge in [-0.2, -0.15) is 0 Å². The fraction of sp³-hybridized carbons (Fsp3) is 0.588. The molecule has 0 aliphatic heterocycles. The van der Waals surface area contributed by atoms with Gasteiger partial charge in [-0.05, 0) is 19.0 Å². The van der Waals surface area contributed by atoms with Crippen molar-refractivity contribution in [2.24, 2.45) is 0 Å². The molecule has 7 heteroatoms. The van der Waals surface area contributed by atoms with Crippen LogP contribution in [0.3, 0.4) is 0 Å². The average molecular weight is 339 g/mol. The monoisotopic (exact) mass is 339 g/mol. The van der Waals surface area contributed by atoms with Crippen molar-refractivity contribution in [3.8, 4) is 0 Å². The van der Waals surface area contributed by atoms with Crippen LogP contribution < -0.4 is 5.32 Å². The molecule has 1 amide bonds. The average Bonchev–Trinajstić information content (AvgIpc) is 2.58. The highest BCUT2D eigenvalue weighted by Crippen LogP contribution is 2.22. The van der Waals surface area contributed by atoms with Crippen molar-refractivity contribution in [1.82, 2.24) is 10.2 Å². The van der Waals surface area contributed by atoms with Crippen LogP contribution in [0.5, 0.6) is 0 Å². The van der Waals surface area contributed by atoms with E-state index in [0.717, 1.165) is 12.1 Å². The quantitative estimate of drug-likeness (QED) is 0.604. The summed E-state index contributed by atoms with van der Waals surface area (Å²) in [7, 11) is 1.33. The molecule has 0 fully saturated rings. The molecular formula is C17H29N3O4. The van der Waals surface area contributed by atoms with Gasteiger partial charge in [-0.15, -0.1) is 0 Å². The summed E-state index contributed by atoms with van der Waals surface area (Å²) in [6, 6.07) is 6.65. The topological polar surface area (TPSA) is 84.7 Å². The molecule has 1 aromatic rings. The Kier molecular flexibility index (Phi) is 11.2. The van der Waals surface area contributed by atoms with Crippen molar-refractivity contribution < 1.29 is 14.5 Å². The first kappa shape index (κ1) is 21.9. The number of alkyl carbamates (subject to hydrolysis) is 1. The highest BCUT2D eigenvalue weighted by molar-refractivity contribution is 5.66. The third-order valence-electron chi connectivity index (χ3n) is 3.39. The fourth-order valence-electron chi connectivity index (χ4n) is 2.08. The van der Waals surface area contributed by atoms with Crippen molar-refractivity contribution in [2.45, 2.75) is 40.2 Å². The number of likely N-dealkylation sites (N-methyl/N-ethyl adjacent to an activating group) is 1. The van der Waals surface area contributed by atoms with Crippen LogP contribution in [-0.4, -0.2) is 42.7 Å². The summed E-state index contributed by atoms with van der Waals surface area (Å²) in [5.74, 6) is 0. The van der Waals surface area contributed by atoms with E-state index in [1.165, 1.54) is 25.7 Å². The van der Waals surface area contributed by atoms with Gasteiger partial charge >= 0.3 is 6.09 Å². The van der Waals surface area contributed by atoms with Crippen LogP contribution in [0.4, 0.5) is 10.5 Å². The van der Waals surface area contributed by atoms with Crippen LogP contribution >= 0.6 is 0 Å². The van der Waals surface area contributed by atoms with Crippen molar-refractivity contribution in [1.29, 1.82) is 0 Å². The highest BCUT2D eigenvalue weighted by Gasteiger charge is 2.15. The molecule has 136 valence electrons. The Labute approximate surface area is 144 Å². The minimum absolute atomic E-state index is 0.0846. The number of nitro benzene ring substituents is 1. The number of rotatable bonds is 7. The van der Waals surface area contributed by atoms with Crippen LogP contribution in [0, 0.1) is 10.1 Å². The minimum Gasteiger partial charge on any atom is -0.453 e. The number of hydrogen-bond donors (Lipinski definition) is 1. The molecule has 0 aliphatic carbocycles. The number of benzene rings is 1. The molecule has 24 heavy (non-hydrogen) atoms. The highest BCUT2D eigenvalue weighted by atomic mass is 16.6. The van der Waals surface area contributed by atoms with Crippen LogP contribution in [-0.2, 0) is 4.74 Å². The van der Waals surface area contributed by atoms with E-state index < -0.39 is 11.0 Å². The Hall–Kier alpha value is -2.15. The fourth-order valence-corrected chi connectivity index (χ4v) is 2.08. The van der Waals surface area contributed by atoms with Gasteiger partial charge in [-0.25, -0.2) is 4.79 Å². The number of nitrogens with one attached hydrogen (secondary N) is 1. The number of nitro groups is 1. The Balaban J connectivity index is 0.00000163. The molecule has 7 nitrogen and oxygen atoms in total. The number of methoxy groups -OCH3 is 1. The SMILES string of the molecule is CCC.CCN(CCNC(=O)OC)C(C)c1ccc([N+](=O)[O-])cc1. The molecule has 0 saturated carbocycles. The summed E-state index contributed by atoms with van der Waals surface area (Å²) in [5, 5.41) is 13.3. The lowest BCUT2D eigenvalue weighted by molar-refractivity contribution is -0.384. The third kappa shape index (κ3) is 7.92. The molecule has 1 aromatic carbocycles. The van der Waals surface area contributed by atoms with Gasteiger partial charge in [0, 0.05) is 31.3 Å². The lowest BCUT2D eigenvalue weighted by atomic mass is 10.1. The summed E-state index contributed by atoms with van der Waals surface area (Å²) in [6.45, 7) is 10.3. The first-order valence-corrected chi connectivity index (χ1v) is 8.21. The number of non-ortho nitro benzene ring substituents is 1. The van der Waals surface area contributed by atoms with E-state index in [4.69, 9.17) is 0 Å². The zero-order chi connectivity index (χ0) is 18.5. The van der Waals surface area contributed by atoms with Crippen molar-refractivity contribution in [3.05, 3.63) is 39.9 Å². The number of ether oxygens (including phenoxy) is 1. The predicted octanol–water partition coefficient (Wildman–Crippen LogP) is 3.75. The van der Waals surface area contributed by atoms with Crippen LogP contribution in [0.1, 0.15) is 45.7 Å². The molecule has 0 aliphatic rings. The first-order chi connectivity index (χ1) is 11.4. The van der Waals surface area contributed by atoms with Crippen LogP contribution in [0.15, 0.2) is 24.3 Å². The third-order valence-corrected chi connectivity index (χ3v) is 3.39. The second kappa shape index (κ2) is 12.3. The Morgan fingerprint density at radius 2 is 1.83 bits per heavy atom. The molecule has 0 spiro atoms. The summed E-state index contributed by atoms with van der Waals surface area (Å²) < 4.78 is 4.51. The van der Waals surface area contributed by atoms with Gasteiger partial charge < -0.3 is 10.1 Å². The van der Waals surface area contributed by atoms with Gasteiger partial charge in [0.15, 0.2) is 0 Å². The Bertz CT molecular complexity index is 491. The minimum atomic E-state index is -0.450. The normalized spacial score (nSPS) is 11.2. The van der Waals surface area contributed by atoms with E-state index in [0.29, 0.717) is 13.1 Å². The van der Waals surface area contributed by atoms with Crippen LogP contribution in [0.2, 0.25) is 0 Å². The molecule has 0 aromatic heterocycles. The Morgan fingerprint density at radius 3 is 2.25 bits per heavy atom. The smallest absolute Gasteiger partial charge is 0.406 e. The van der Waals surface area contributed by atoms with Crippen molar-refractivity contribution in [2.75, 3.05) is 26.7 Å². The lowest BCUT2D eigenvalue weighted by Gasteiger charge is -2.28. The first-order valence-electron chi connectivity index (χ1n) is 8.21. The van der Waals surface area contributed by atoms with E-state index in [2.05, 4.69) is 28.8 Å². The van der Waals surface area contributed by atoms with Crippen molar-refractivity contribution >= 4 is 11.8 Å². The lowest BCUT2D eigenvalue weighted by Crippen LogP contribution is -2.36. The predicted molar refractivity (Wildman–Crippen MR) is 95.1 cm³/mol. The second-order valence-electron chi connectivity index (χ2n) is 5.28. The summed E-state index contributed by atoms with van der Waals surface area (Å²) in [4.78, 5) is 23.4. The largest absolute Gasteiger partial charge is 0.453 e. The van der Waals surface area contributed by atoms with Gasteiger partial charge in [0.1, 0.15) is 0 Å². The van der Waals surface area contributed by atoms with Gasteiger partial charge in [0.05, 0.1) is 12.0 Å². The van der Waals surface area contributed by atoms with E-state index in [1.807, 2.05) is 13.8 Å². The molecule has 0 heterocycles. The molecule has 1 rings (SSSR count). The van der Waals surface area contributed by atoms with E-state index >= 15 is 0 Å². The van der Waals surface area contributed by atoms with Gasteiger partial charge in [-0.3, -0.25) is 15.0 Å².